The van der Waals surface area contributed by atoms with Gasteiger partial charge in [-0.25, -0.2) is 0 Å². The van der Waals surface area contributed by atoms with Gasteiger partial charge in [0.1, 0.15) is 6.61 Å². The summed E-state index contributed by atoms with van der Waals surface area (Å²) in [7, 11) is 1.61. The van der Waals surface area contributed by atoms with Crippen molar-refractivity contribution in [3.63, 3.8) is 0 Å². The van der Waals surface area contributed by atoms with Crippen LogP contribution in [-0.4, -0.2) is 38.8 Å². The van der Waals surface area contributed by atoms with Gasteiger partial charge in [0, 0.05) is 12.6 Å². The lowest BCUT2D eigenvalue weighted by molar-refractivity contribution is -0.120. The summed E-state index contributed by atoms with van der Waals surface area (Å²) in [6.45, 7) is 1.46. The van der Waals surface area contributed by atoms with E-state index in [0.29, 0.717) is 37.2 Å². The highest BCUT2D eigenvalue weighted by Gasteiger charge is 2.22. The number of amides is 1. The molecule has 0 aromatic heterocycles. The van der Waals surface area contributed by atoms with Crippen LogP contribution in [0, 0.1) is 0 Å². The minimum atomic E-state index is 0.0554. The average molecular weight is 264 g/mol. The third-order valence-electron chi connectivity index (χ3n) is 2.83. The molecule has 5 nitrogen and oxygen atoms in total. The van der Waals surface area contributed by atoms with Crippen molar-refractivity contribution in [3.8, 4) is 11.5 Å². The van der Waals surface area contributed by atoms with Crippen molar-refractivity contribution in [1.82, 2.24) is 10.6 Å². The number of hydrogen-bond acceptors (Lipinski definition) is 4. The number of carbonyl (C=O) groups is 1. The zero-order valence-electron chi connectivity index (χ0n) is 11.1. The molecule has 0 radical (unpaired) electrons. The first-order chi connectivity index (χ1) is 9.29. The maximum atomic E-state index is 11.4. The van der Waals surface area contributed by atoms with Gasteiger partial charge in [-0.05, 0) is 25.0 Å². The molecule has 0 unspecified atom stereocenters. The first-order valence-electron chi connectivity index (χ1n) is 6.55. The smallest absolute Gasteiger partial charge is 0.234 e. The number of hydrogen-bond donors (Lipinski definition) is 2. The molecule has 0 aliphatic heterocycles. The Balaban J connectivity index is 1.59. The van der Waals surface area contributed by atoms with Gasteiger partial charge in [-0.2, -0.15) is 0 Å². The Labute approximate surface area is 113 Å². The first kappa shape index (κ1) is 13.7. The number of carbonyl (C=O) groups excluding carboxylic acids is 1. The second kappa shape index (κ2) is 6.99. The van der Waals surface area contributed by atoms with Gasteiger partial charge >= 0.3 is 0 Å². The van der Waals surface area contributed by atoms with Gasteiger partial charge in [0.15, 0.2) is 11.5 Å². The van der Waals surface area contributed by atoms with Gasteiger partial charge in [0.25, 0.3) is 0 Å². The van der Waals surface area contributed by atoms with Crippen molar-refractivity contribution in [3.05, 3.63) is 24.3 Å². The van der Waals surface area contributed by atoms with E-state index in [4.69, 9.17) is 9.47 Å². The fourth-order valence-electron chi connectivity index (χ4n) is 1.68. The molecule has 1 aliphatic rings. The number of ether oxygens (including phenoxy) is 2. The van der Waals surface area contributed by atoms with E-state index >= 15 is 0 Å². The van der Waals surface area contributed by atoms with E-state index in [2.05, 4.69) is 10.6 Å². The summed E-state index contributed by atoms with van der Waals surface area (Å²) in [5, 5.41) is 5.97. The van der Waals surface area contributed by atoms with Gasteiger partial charge < -0.3 is 20.1 Å². The molecule has 0 saturated heterocycles. The van der Waals surface area contributed by atoms with E-state index in [-0.39, 0.29) is 5.91 Å². The van der Waals surface area contributed by atoms with Crippen LogP contribution < -0.4 is 20.1 Å². The predicted molar refractivity (Wildman–Crippen MR) is 72.5 cm³/mol. The van der Waals surface area contributed by atoms with Crippen LogP contribution in [0.5, 0.6) is 11.5 Å². The zero-order chi connectivity index (χ0) is 13.5. The van der Waals surface area contributed by atoms with Gasteiger partial charge in [0.2, 0.25) is 5.91 Å². The van der Waals surface area contributed by atoms with Gasteiger partial charge in [-0.3, -0.25) is 4.79 Å². The second-order valence-electron chi connectivity index (χ2n) is 4.52. The van der Waals surface area contributed by atoms with E-state index in [1.54, 1.807) is 7.11 Å². The molecule has 0 heterocycles. The molecule has 1 aliphatic carbocycles. The Hall–Kier alpha value is -1.75. The van der Waals surface area contributed by atoms with Crippen molar-refractivity contribution >= 4 is 5.91 Å². The summed E-state index contributed by atoms with van der Waals surface area (Å²) in [6.07, 6.45) is 2.23. The SMILES string of the molecule is COc1ccccc1OCCNCC(=O)NC1CC1. The lowest BCUT2D eigenvalue weighted by atomic mass is 10.3. The number of rotatable bonds is 8. The molecule has 2 rings (SSSR count). The molecule has 0 spiro atoms. The molecule has 1 fully saturated rings. The molecular weight excluding hydrogens is 244 g/mol. The molecule has 0 bridgehead atoms. The van der Waals surface area contributed by atoms with Crippen LogP contribution in [0.1, 0.15) is 12.8 Å². The summed E-state index contributed by atoms with van der Waals surface area (Å²) in [4.78, 5) is 11.4. The van der Waals surface area contributed by atoms with E-state index < -0.39 is 0 Å². The van der Waals surface area contributed by atoms with Crippen molar-refractivity contribution in [1.29, 1.82) is 0 Å². The van der Waals surface area contributed by atoms with Crippen molar-refractivity contribution in [2.45, 2.75) is 18.9 Å². The highest BCUT2D eigenvalue weighted by Crippen LogP contribution is 2.25. The van der Waals surface area contributed by atoms with Crippen LogP contribution >= 0.6 is 0 Å². The maximum absolute atomic E-state index is 11.4. The van der Waals surface area contributed by atoms with Crippen molar-refractivity contribution < 1.29 is 14.3 Å². The fourth-order valence-corrected chi connectivity index (χ4v) is 1.68. The summed E-state index contributed by atoms with van der Waals surface area (Å²) >= 11 is 0. The Morgan fingerprint density at radius 1 is 1.32 bits per heavy atom. The van der Waals surface area contributed by atoms with Gasteiger partial charge in [-0.1, -0.05) is 12.1 Å². The average Bonchev–Trinajstić information content (AvgIpc) is 3.22. The number of para-hydroxylation sites is 2. The second-order valence-corrected chi connectivity index (χ2v) is 4.52. The molecule has 1 amide bonds. The van der Waals surface area contributed by atoms with E-state index in [9.17, 15) is 4.79 Å². The minimum Gasteiger partial charge on any atom is -0.493 e. The molecule has 5 heteroatoms. The van der Waals surface area contributed by atoms with E-state index in [0.717, 1.165) is 12.8 Å². The van der Waals surface area contributed by atoms with Gasteiger partial charge in [-0.15, -0.1) is 0 Å². The molecule has 19 heavy (non-hydrogen) atoms. The van der Waals surface area contributed by atoms with E-state index in [1.807, 2.05) is 24.3 Å². The van der Waals surface area contributed by atoms with Gasteiger partial charge in [0.05, 0.1) is 13.7 Å². The molecule has 1 aromatic rings. The molecule has 104 valence electrons. The summed E-state index contributed by atoms with van der Waals surface area (Å²) < 4.78 is 10.8. The summed E-state index contributed by atoms with van der Waals surface area (Å²) in [5.41, 5.74) is 0. The van der Waals surface area contributed by atoms with Crippen LogP contribution in [0.3, 0.4) is 0 Å². The number of methoxy groups -OCH3 is 1. The number of nitrogens with one attached hydrogen (secondary N) is 2. The lowest BCUT2D eigenvalue weighted by Gasteiger charge is -2.10. The lowest BCUT2D eigenvalue weighted by Crippen LogP contribution is -2.36. The Bertz CT molecular complexity index is 419. The molecule has 1 aromatic carbocycles. The monoisotopic (exact) mass is 264 g/mol. The minimum absolute atomic E-state index is 0.0554. The van der Waals surface area contributed by atoms with Crippen LogP contribution in [0.4, 0.5) is 0 Å². The fraction of sp³-hybridized carbons (Fsp3) is 0.500. The Morgan fingerprint density at radius 2 is 2.05 bits per heavy atom. The standard InChI is InChI=1S/C14H20N2O3/c1-18-12-4-2-3-5-13(12)19-9-8-15-10-14(17)16-11-6-7-11/h2-5,11,15H,6-10H2,1H3,(H,16,17). The number of benzene rings is 1. The quantitative estimate of drug-likeness (QED) is 0.686. The van der Waals surface area contributed by atoms with Crippen LogP contribution in [0.2, 0.25) is 0 Å². The molecule has 2 N–H and O–H groups in total. The maximum Gasteiger partial charge on any atom is 0.234 e. The molecule has 0 atom stereocenters. The first-order valence-corrected chi connectivity index (χ1v) is 6.55. The summed E-state index contributed by atoms with van der Waals surface area (Å²) in [5.74, 6) is 1.49. The topological polar surface area (TPSA) is 59.6 Å². The van der Waals surface area contributed by atoms with Crippen molar-refractivity contribution in [2.75, 3.05) is 26.8 Å². The molecular formula is C14H20N2O3. The normalized spacial score (nSPS) is 13.9. The van der Waals surface area contributed by atoms with Crippen LogP contribution in [-0.2, 0) is 4.79 Å². The largest absolute Gasteiger partial charge is 0.493 e. The molecule has 1 saturated carbocycles. The zero-order valence-corrected chi connectivity index (χ0v) is 11.1. The third-order valence-corrected chi connectivity index (χ3v) is 2.83. The predicted octanol–water partition coefficient (Wildman–Crippen LogP) is 0.942. The van der Waals surface area contributed by atoms with Crippen molar-refractivity contribution in [2.24, 2.45) is 0 Å². The highest BCUT2D eigenvalue weighted by atomic mass is 16.5. The Morgan fingerprint density at radius 3 is 2.74 bits per heavy atom. The Kier molecular flexibility index (Phi) is 5.03. The summed E-state index contributed by atoms with van der Waals surface area (Å²) in [6, 6.07) is 7.92. The van der Waals surface area contributed by atoms with Crippen LogP contribution in [0.25, 0.3) is 0 Å². The van der Waals surface area contributed by atoms with Crippen LogP contribution in [0.15, 0.2) is 24.3 Å². The van der Waals surface area contributed by atoms with E-state index in [1.165, 1.54) is 0 Å². The highest BCUT2D eigenvalue weighted by molar-refractivity contribution is 5.78. The third kappa shape index (κ3) is 4.79.